The number of hydrogen-bond acceptors (Lipinski definition) is 4. The van der Waals surface area contributed by atoms with Crippen LogP contribution in [0.15, 0.2) is 47.4 Å². The van der Waals surface area contributed by atoms with Crippen molar-refractivity contribution in [2.24, 2.45) is 5.14 Å². The fraction of sp³-hybridized carbons (Fsp3) is 0.316. The standard InChI is InChI=1S/C19H21N3O4S/c1-12-3-8-17-15(9-12)16-10-19(2,26-17)22(18(23)21-16)11-13-4-6-14(7-5-13)27(20,24)25/h3-9,16H,10-11H2,1-2H3,(H,21,23)(H2,20,24,25). The highest BCUT2D eigenvalue weighted by atomic mass is 32.2. The van der Waals surface area contributed by atoms with Crippen LogP contribution in [0.1, 0.15) is 36.1 Å². The third-order valence-electron chi connectivity index (χ3n) is 5.16. The number of hydrogen-bond donors (Lipinski definition) is 2. The molecule has 2 aliphatic heterocycles. The number of urea groups is 1. The van der Waals surface area contributed by atoms with E-state index in [1.165, 1.54) is 12.1 Å². The van der Waals surface area contributed by atoms with Crippen LogP contribution in [0.5, 0.6) is 5.75 Å². The normalized spacial score (nSPS) is 24.0. The van der Waals surface area contributed by atoms with E-state index in [1.807, 2.05) is 32.0 Å². The van der Waals surface area contributed by atoms with Gasteiger partial charge in [-0.2, -0.15) is 0 Å². The number of benzene rings is 2. The van der Waals surface area contributed by atoms with E-state index in [4.69, 9.17) is 9.88 Å². The van der Waals surface area contributed by atoms with Crippen LogP contribution in [0.3, 0.4) is 0 Å². The van der Waals surface area contributed by atoms with Gasteiger partial charge in [0.05, 0.1) is 17.5 Å². The first-order valence-electron chi connectivity index (χ1n) is 8.65. The summed E-state index contributed by atoms with van der Waals surface area (Å²) in [6, 6.07) is 11.9. The molecule has 8 heteroatoms. The minimum Gasteiger partial charge on any atom is -0.468 e. The molecule has 3 N–H and O–H groups in total. The predicted molar refractivity (Wildman–Crippen MR) is 99.5 cm³/mol. The third kappa shape index (κ3) is 3.15. The maximum absolute atomic E-state index is 12.8. The zero-order valence-corrected chi connectivity index (χ0v) is 15.9. The number of primary sulfonamides is 1. The zero-order valence-electron chi connectivity index (χ0n) is 15.1. The molecular formula is C19H21N3O4S. The van der Waals surface area contributed by atoms with E-state index < -0.39 is 15.7 Å². The average Bonchev–Trinajstić information content (AvgIpc) is 2.59. The van der Waals surface area contributed by atoms with Crippen molar-refractivity contribution in [2.75, 3.05) is 0 Å². The first-order chi connectivity index (χ1) is 12.7. The summed E-state index contributed by atoms with van der Waals surface area (Å²) >= 11 is 0. The van der Waals surface area contributed by atoms with Crippen molar-refractivity contribution < 1.29 is 17.9 Å². The second-order valence-corrected chi connectivity index (χ2v) is 8.86. The monoisotopic (exact) mass is 387 g/mol. The lowest BCUT2D eigenvalue weighted by molar-refractivity contribution is -0.0879. The van der Waals surface area contributed by atoms with Crippen molar-refractivity contribution in [3.8, 4) is 5.75 Å². The molecule has 1 fully saturated rings. The van der Waals surface area contributed by atoms with Crippen LogP contribution in [-0.4, -0.2) is 25.1 Å². The summed E-state index contributed by atoms with van der Waals surface area (Å²) in [5, 5.41) is 8.19. The smallest absolute Gasteiger partial charge is 0.321 e. The molecule has 2 unspecified atom stereocenters. The van der Waals surface area contributed by atoms with Crippen molar-refractivity contribution in [2.45, 2.75) is 43.5 Å². The van der Waals surface area contributed by atoms with Gasteiger partial charge in [0.25, 0.3) is 0 Å². The Bertz CT molecular complexity index is 1020. The molecule has 0 radical (unpaired) electrons. The van der Waals surface area contributed by atoms with Crippen LogP contribution in [0.2, 0.25) is 0 Å². The first kappa shape index (κ1) is 17.8. The second kappa shape index (κ2) is 5.97. The number of nitrogens with one attached hydrogen (secondary N) is 1. The Hall–Kier alpha value is -2.58. The molecule has 2 aliphatic rings. The van der Waals surface area contributed by atoms with Crippen LogP contribution >= 0.6 is 0 Å². The van der Waals surface area contributed by atoms with Gasteiger partial charge in [0.2, 0.25) is 10.0 Å². The summed E-state index contributed by atoms with van der Waals surface area (Å²) in [6.07, 6.45) is 0.629. The van der Waals surface area contributed by atoms with Crippen LogP contribution in [-0.2, 0) is 16.6 Å². The van der Waals surface area contributed by atoms with E-state index >= 15 is 0 Å². The molecule has 1 saturated heterocycles. The molecule has 2 aromatic rings. The van der Waals surface area contributed by atoms with Crippen molar-refractivity contribution in [3.05, 3.63) is 59.2 Å². The van der Waals surface area contributed by atoms with Crippen molar-refractivity contribution in [1.29, 1.82) is 0 Å². The molecule has 7 nitrogen and oxygen atoms in total. The second-order valence-electron chi connectivity index (χ2n) is 7.30. The summed E-state index contributed by atoms with van der Waals surface area (Å²) in [7, 11) is -3.74. The molecule has 27 heavy (non-hydrogen) atoms. The van der Waals surface area contributed by atoms with Gasteiger partial charge in [-0.1, -0.05) is 29.8 Å². The molecule has 2 atom stereocenters. The fourth-order valence-corrected chi connectivity index (χ4v) is 4.26. The highest BCUT2D eigenvalue weighted by Gasteiger charge is 2.48. The van der Waals surface area contributed by atoms with Gasteiger partial charge in [0, 0.05) is 12.0 Å². The molecule has 142 valence electrons. The molecule has 0 aliphatic carbocycles. The summed E-state index contributed by atoms with van der Waals surface area (Å²) in [5.41, 5.74) is 2.12. The Balaban J connectivity index is 1.63. The molecule has 2 bridgehead atoms. The lowest BCUT2D eigenvalue weighted by atomic mass is 9.89. The van der Waals surface area contributed by atoms with E-state index in [9.17, 15) is 13.2 Å². The number of rotatable bonds is 3. The van der Waals surface area contributed by atoms with E-state index in [0.29, 0.717) is 13.0 Å². The van der Waals surface area contributed by atoms with Gasteiger partial charge in [-0.3, -0.25) is 4.90 Å². The van der Waals surface area contributed by atoms with Gasteiger partial charge in [-0.05, 0) is 37.6 Å². The van der Waals surface area contributed by atoms with Gasteiger partial charge in [0.15, 0.2) is 5.72 Å². The SMILES string of the molecule is Cc1ccc2c(c1)C1CC(C)(O2)N(Cc2ccc(S(N)(=O)=O)cc2)C(=O)N1. The zero-order chi connectivity index (χ0) is 19.4. The first-order valence-corrected chi connectivity index (χ1v) is 10.2. The van der Waals surface area contributed by atoms with Crippen LogP contribution in [0, 0.1) is 6.92 Å². The molecule has 0 saturated carbocycles. The van der Waals surface area contributed by atoms with Crippen molar-refractivity contribution in [3.63, 3.8) is 0 Å². The predicted octanol–water partition coefficient (Wildman–Crippen LogP) is 2.41. The van der Waals surface area contributed by atoms with Crippen molar-refractivity contribution in [1.82, 2.24) is 10.2 Å². The number of aryl methyl sites for hydroxylation is 1. The number of nitrogens with two attached hydrogens (primary N) is 1. The summed E-state index contributed by atoms with van der Waals surface area (Å²) in [4.78, 5) is 14.4. The van der Waals surface area contributed by atoms with Gasteiger partial charge in [0.1, 0.15) is 5.75 Å². The van der Waals surface area contributed by atoms with Gasteiger partial charge >= 0.3 is 6.03 Å². The van der Waals surface area contributed by atoms with Gasteiger partial charge in [-0.25, -0.2) is 18.4 Å². The molecule has 0 aromatic heterocycles. The Morgan fingerprint density at radius 2 is 1.96 bits per heavy atom. The number of ether oxygens (including phenoxy) is 1. The minimum absolute atomic E-state index is 0.0406. The van der Waals surface area contributed by atoms with E-state index in [0.717, 1.165) is 22.4 Å². The van der Waals surface area contributed by atoms with Crippen LogP contribution in [0.25, 0.3) is 0 Å². The molecule has 4 rings (SSSR count). The number of carbonyl (C=O) groups is 1. The summed E-state index contributed by atoms with van der Waals surface area (Å²) < 4.78 is 29.0. The Kier molecular flexibility index (Phi) is 3.94. The Morgan fingerprint density at radius 1 is 1.26 bits per heavy atom. The van der Waals surface area contributed by atoms with Gasteiger partial charge in [-0.15, -0.1) is 0 Å². The van der Waals surface area contributed by atoms with Crippen LogP contribution < -0.4 is 15.2 Å². The maximum Gasteiger partial charge on any atom is 0.321 e. The Morgan fingerprint density at radius 3 is 2.63 bits per heavy atom. The molecule has 2 heterocycles. The number of amides is 2. The summed E-state index contributed by atoms with van der Waals surface area (Å²) in [5.74, 6) is 0.772. The number of sulfonamides is 1. The number of fused-ring (bicyclic) bond motifs is 4. The minimum atomic E-state index is -3.74. The molecule has 0 spiro atoms. The lowest BCUT2D eigenvalue weighted by Gasteiger charge is -2.50. The maximum atomic E-state index is 12.8. The van der Waals surface area contributed by atoms with E-state index in [-0.39, 0.29) is 17.0 Å². The number of carbonyl (C=O) groups excluding carboxylic acids is 1. The Labute approximate surface area is 158 Å². The fourth-order valence-electron chi connectivity index (χ4n) is 3.74. The van der Waals surface area contributed by atoms with Gasteiger partial charge < -0.3 is 10.1 Å². The average molecular weight is 387 g/mol. The quantitative estimate of drug-likeness (QED) is 0.844. The van der Waals surface area contributed by atoms with E-state index in [2.05, 4.69) is 5.32 Å². The highest BCUT2D eigenvalue weighted by Crippen LogP contribution is 2.44. The third-order valence-corrected chi connectivity index (χ3v) is 6.09. The number of nitrogens with zero attached hydrogens (tertiary/aromatic N) is 1. The largest absolute Gasteiger partial charge is 0.468 e. The lowest BCUT2D eigenvalue weighted by Crippen LogP contribution is -2.64. The molecular weight excluding hydrogens is 366 g/mol. The topological polar surface area (TPSA) is 102 Å². The molecule has 2 amide bonds. The molecule has 2 aromatic carbocycles. The summed E-state index contributed by atoms with van der Waals surface area (Å²) in [6.45, 7) is 4.21. The van der Waals surface area contributed by atoms with Crippen LogP contribution in [0.4, 0.5) is 4.79 Å². The van der Waals surface area contributed by atoms with E-state index in [1.54, 1.807) is 17.0 Å². The van der Waals surface area contributed by atoms with Crippen molar-refractivity contribution >= 4 is 16.1 Å². The highest BCUT2D eigenvalue weighted by molar-refractivity contribution is 7.89.